The lowest BCUT2D eigenvalue weighted by Crippen LogP contribution is -2.26. The van der Waals surface area contributed by atoms with E-state index in [0.717, 1.165) is 5.39 Å². The Labute approximate surface area is 163 Å². The Morgan fingerprint density at radius 3 is 2.71 bits per heavy atom. The number of carbonyl (C=O) groups is 1. The molecular formula is C20H21N3O4S. The number of pyridine rings is 1. The second-order valence-corrected chi connectivity index (χ2v) is 7.88. The van der Waals surface area contributed by atoms with Crippen LogP contribution in [0.25, 0.3) is 10.9 Å². The summed E-state index contributed by atoms with van der Waals surface area (Å²) in [7, 11) is -3.67. The highest BCUT2D eigenvalue weighted by molar-refractivity contribution is 7.89. The number of rotatable bonds is 8. The van der Waals surface area contributed by atoms with E-state index in [1.54, 1.807) is 48.7 Å². The summed E-state index contributed by atoms with van der Waals surface area (Å²) in [4.78, 5) is 15.4. The van der Waals surface area contributed by atoms with E-state index < -0.39 is 10.0 Å². The molecule has 8 heteroatoms. The molecule has 0 aliphatic carbocycles. The molecule has 0 aliphatic heterocycles. The molecule has 0 atom stereocenters. The molecule has 7 nitrogen and oxygen atoms in total. The first kappa shape index (κ1) is 19.8. The van der Waals surface area contributed by atoms with Crippen LogP contribution < -0.4 is 14.8 Å². The van der Waals surface area contributed by atoms with Gasteiger partial charge in [0.25, 0.3) is 0 Å². The van der Waals surface area contributed by atoms with E-state index in [-0.39, 0.29) is 17.3 Å². The van der Waals surface area contributed by atoms with Crippen molar-refractivity contribution >= 4 is 32.5 Å². The van der Waals surface area contributed by atoms with Gasteiger partial charge < -0.3 is 10.1 Å². The lowest BCUT2D eigenvalue weighted by atomic mass is 10.2. The second kappa shape index (κ2) is 8.81. The van der Waals surface area contributed by atoms with Gasteiger partial charge in [-0.3, -0.25) is 9.78 Å². The van der Waals surface area contributed by atoms with Crippen LogP contribution in [0.3, 0.4) is 0 Å². The highest BCUT2D eigenvalue weighted by Gasteiger charge is 2.17. The molecule has 3 aromatic rings. The number of benzene rings is 2. The summed E-state index contributed by atoms with van der Waals surface area (Å²) in [5, 5.41) is 3.45. The standard InChI is InChI=1S/C20H21N3O4S/c1-15(24)23-17-8-3-9-18(14-17)27-13-5-12-22-28(25,26)19-10-2-6-16-7-4-11-21-20(16)19/h2-4,6-11,14,22H,5,12-13H2,1H3,(H,23,24). The summed E-state index contributed by atoms with van der Waals surface area (Å²) in [5.74, 6) is 0.446. The minimum absolute atomic E-state index is 0.158. The zero-order valence-electron chi connectivity index (χ0n) is 15.4. The predicted molar refractivity (Wildman–Crippen MR) is 108 cm³/mol. The van der Waals surface area contributed by atoms with Crippen LogP contribution in [-0.4, -0.2) is 32.5 Å². The van der Waals surface area contributed by atoms with Crippen LogP contribution in [0.1, 0.15) is 13.3 Å². The number of sulfonamides is 1. The summed E-state index contributed by atoms with van der Waals surface area (Å²) in [6.07, 6.45) is 2.06. The van der Waals surface area contributed by atoms with Gasteiger partial charge in [-0.25, -0.2) is 13.1 Å². The number of amides is 1. The molecular weight excluding hydrogens is 378 g/mol. The fraction of sp³-hybridized carbons (Fsp3) is 0.200. The van der Waals surface area contributed by atoms with Crippen LogP contribution in [-0.2, 0) is 14.8 Å². The molecule has 0 radical (unpaired) electrons. The van der Waals surface area contributed by atoms with Gasteiger partial charge in [0.15, 0.2) is 0 Å². The lowest BCUT2D eigenvalue weighted by Gasteiger charge is -2.10. The number of para-hydroxylation sites is 1. The van der Waals surface area contributed by atoms with E-state index in [4.69, 9.17) is 4.74 Å². The van der Waals surface area contributed by atoms with Gasteiger partial charge in [-0.05, 0) is 30.7 Å². The van der Waals surface area contributed by atoms with Crippen LogP contribution in [0, 0.1) is 0 Å². The van der Waals surface area contributed by atoms with Crippen molar-refractivity contribution in [3.8, 4) is 5.75 Å². The second-order valence-electron chi connectivity index (χ2n) is 6.14. The van der Waals surface area contributed by atoms with Crippen LogP contribution in [0.15, 0.2) is 65.7 Å². The van der Waals surface area contributed by atoms with E-state index in [2.05, 4.69) is 15.0 Å². The molecule has 28 heavy (non-hydrogen) atoms. The third-order valence-corrected chi connectivity index (χ3v) is 5.41. The molecule has 0 fully saturated rings. The van der Waals surface area contributed by atoms with Gasteiger partial charge in [0, 0.05) is 36.8 Å². The zero-order valence-corrected chi connectivity index (χ0v) is 16.2. The number of carbonyl (C=O) groups excluding carboxylic acids is 1. The lowest BCUT2D eigenvalue weighted by molar-refractivity contribution is -0.114. The molecule has 0 bridgehead atoms. The van der Waals surface area contributed by atoms with Gasteiger partial charge in [0.2, 0.25) is 15.9 Å². The van der Waals surface area contributed by atoms with Crippen molar-refractivity contribution in [2.24, 2.45) is 0 Å². The molecule has 0 spiro atoms. The van der Waals surface area contributed by atoms with Crippen LogP contribution >= 0.6 is 0 Å². The topological polar surface area (TPSA) is 97.4 Å². The Morgan fingerprint density at radius 2 is 1.89 bits per heavy atom. The number of aromatic nitrogens is 1. The minimum atomic E-state index is -3.67. The van der Waals surface area contributed by atoms with Crippen molar-refractivity contribution in [3.63, 3.8) is 0 Å². The van der Waals surface area contributed by atoms with E-state index in [1.165, 1.54) is 6.92 Å². The molecule has 0 unspecified atom stereocenters. The monoisotopic (exact) mass is 399 g/mol. The maximum Gasteiger partial charge on any atom is 0.242 e. The largest absolute Gasteiger partial charge is 0.493 e. The Bertz CT molecular complexity index is 1080. The fourth-order valence-electron chi connectivity index (χ4n) is 2.71. The average molecular weight is 399 g/mol. The molecule has 1 amide bonds. The van der Waals surface area contributed by atoms with Gasteiger partial charge in [-0.1, -0.05) is 24.3 Å². The molecule has 1 heterocycles. The number of hydrogen-bond donors (Lipinski definition) is 2. The first-order valence-electron chi connectivity index (χ1n) is 8.79. The van der Waals surface area contributed by atoms with E-state index in [9.17, 15) is 13.2 Å². The number of fused-ring (bicyclic) bond motifs is 1. The molecule has 0 saturated carbocycles. The Morgan fingerprint density at radius 1 is 1.11 bits per heavy atom. The first-order chi connectivity index (χ1) is 13.5. The van der Waals surface area contributed by atoms with Crippen LogP contribution in [0.2, 0.25) is 0 Å². The smallest absolute Gasteiger partial charge is 0.242 e. The number of hydrogen-bond acceptors (Lipinski definition) is 5. The molecule has 3 rings (SSSR count). The summed E-state index contributed by atoms with van der Waals surface area (Å²) < 4.78 is 33.4. The van der Waals surface area contributed by atoms with Gasteiger partial charge in [-0.2, -0.15) is 0 Å². The Hall–Kier alpha value is -2.97. The normalized spacial score (nSPS) is 11.3. The molecule has 146 valence electrons. The predicted octanol–water partition coefficient (Wildman–Crippen LogP) is 2.94. The first-order valence-corrected chi connectivity index (χ1v) is 10.3. The minimum Gasteiger partial charge on any atom is -0.493 e. The molecule has 1 aromatic heterocycles. The molecule has 2 N–H and O–H groups in total. The van der Waals surface area contributed by atoms with E-state index in [1.807, 2.05) is 12.1 Å². The number of anilines is 1. The number of nitrogens with zero attached hydrogens (tertiary/aromatic N) is 1. The SMILES string of the molecule is CC(=O)Nc1cccc(OCCCNS(=O)(=O)c2cccc3cccnc23)c1. The quantitative estimate of drug-likeness (QED) is 0.568. The number of ether oxygens (including phenoxy) is 1. The Balaban J connectivity index is 1.54. The zero-order chi connectivity index (χ0) is 20.0. The van der Waals surface area contributed by atoms with Crippen molar-refractivity contribution in [1.82, 2.24) is 9.71 Å². The van der Waals surface area contributed by atoms with Crippen molar-refractivity contribution in [2.75, 3.05) is 18.5 Å². The maximum absolute atomic E-state index is 12.6. The molecule has 0 aliphatic rings. The highest BCUT2D eigenvalue weighted by atomic mass is 32.2. The van der Waals surface area contributed by atoms with Crippen molar-refractivity contribution in [3.05, 3.63) is 60.8 Å². The van der Waals surface area contributed by atoms with Crippen molar-refractivity contribution in [1.29, 1.82) is 0 Å². The van der Waals surface area contributed by atoms with Crippen LogP contribution in [0.4, 0.5) is 5.69 Å². The van der Waals surface area contributed by atoms with E-state index in [0.29, 0.717) is 30.0 Å². The van der Waals surface area contributed by atoms with Gasteiger partial charge in [0.1, 0.15) is 10.6 Å². The highest BCUT2D eigenvalue weighted by Crippen LogP contribution is 2.20. The fourth-order valence-corrected chi connectivity index (χ4v) is 3.96. The van der Waals surface area contributed by atoms with E-state index >= 15 is 0 Å². The summed E-state index contributed by atoms with van der Waals surface area (Å²) in [6, 6.07) is 15.7. The number of nitrogens with one attached hydrogen (secondary N) is 2. The van der Waals surface area contributed by atoms with Gasteiger partial charge >= 0.3 is 0 Å². The van der Waals surface area contributed by atoms with Gasteiger partial charge in [-0.15, -0.1) is 0 Å². The molecule has 0 saturated heterocycles. The summed E-state index contributed by atoms with van der Waals surface area (Å²) >= 11 is 0. The summed E-state index contributed by atoms with van der Waals surface area (Å²) in [5.41, 5.74) is 1.10. The maximum atomic E-state index is 12.6. The van der Waals surface area contributed by atoms with Gasteiger partial charge in [0.05, 0.1) is 12.1 Å². The van der Waals surface area contributed by atoms with Crippen molar-refractivity contribution < 1.29 is 17.9 Å². The third kappa shape index (κ3) is 5.05. The van der Waals surface area contributed by atoms with Crippen LogP contribution in [0.5, 0.6) is 5.75 Å². The molecule has 2 aromatic carbocycles. The average Bonchev–Trinajstić information content (AvgIpc) is 2.67. The summed E-state index contributed by atoms with van der Waals surface area (Å²) in [6.45, 7) is 2.00. The van der Waals surface area contributed by atoms with Crippen molar-refractivity contribution in [2.45, 2.75) is 18.2 Å². The Kier molecular flexibility index (Phi) is 6.23. The third-order valence-electron chi connectivity index (χ3n) is 3.92.